The molecule has 0 fully saturated rings. The molecule has 0 saturated carbocycles. The Balaban J connectivity index is 2.46. The Morgan fingerprint density at radius 2 is 1.81 bits per heavy atom. The summed E-state index contributed by atoms with van der Waals surface area (Å²) in [6.45, 7) is 0. The van der Waals surface area contributed by atoms with E-state index in [0.717, 1.165) is 16.5 Å². The highest BCUT2D eigenvalue weighted by molar-refractivity contribution is 9.08. The van der Waals surface area contributed by atoms with Gasteiger partial charge in [0.05, 0.1) is 11.2 Å². The molecule has 78 valence electrons. The molecule has 3 rings (SSSR count). The van der Waals surface area contributed by atoms with Crippen LogP contribution in [-0.2, 0) is 5.33 Å². The van der Waals surface area contributed by atoms with Gasteiger partial charge in [0.1, 0.15) is 0 Å². The predicted molar refractivity (Wildman–Crippen MR) is 71.0 cm³/mol. The highest BCUT2D eigenvalue weighted by Crippen LogP contribution is 2.32. The molecule has 0 bridgehead atoms. The Kier molecular flexibility index (Phi) is 2.37. The molecule has 2 aliphatic rings. The average Bonchev–Trinajstić information content (AvgIpc) is 2.52. The average molecular weight is 272 g/mol. The maximum Gasteiger partial charge on any atom is 0.0756 e. The maximum absolute atomic E-state index is 4.70. The lowest BCUT2D eigenvalue weighted by molar-refractivity contribution is 1.40. The van der Waals surface area contributed by atoms with Crippen LogP contribution in [0.1, 0.15) is 5.56 Å². The summed E-state index contributed by atoms with van der Waals surface area (Å²) in [5, 5.41) is 2.09. The first-order chi connectivity index (χ1) is 7.90. The van der Waals surface area contributed by atoms with Gasteiger partial charge in [-0.1, -0.05) is 58.4 Å². The second-order valence-electron chi connectivity index (χ2n) is 3.77. The van der Waals surface area contributed by atoms with E-state index in [4.69, 9.17) is 4.98 Å². The number of benzene rings is 1. The lowest BCUT2D eigenvalue weighted by Crippen LogP contribution is -1.78. The van der Waals surface area contributed by atoms with Crippen LogP contribution >= 0.6 is 15.9 Å². The van der Waals surface area contributed by atoms with E-state index >= 15 is 0 Å². The van der Waals surface area contributed by atoms with Crippen LogP contribution in [0.3, 0.4) is 0 Å². The normalized spacial score (nSPS) is 11.1. The lowest BCUT2D eigenvalue weighted by Gasteiger charge is -1.96. The minimum Gasteiger partial charge on any atom is -0.247 e. The van der Waals surface area contributed by atoms with Gasteiger partial charge in [-0.2, -0.15) is 0 Å². The molecule has 16 heavy (non-hydrogen) atoms. The number of alkyl halides is 1. The van der Waals surface area contributed by atoms with Crippen LogP contribution in [0, 0.1) is 0 Å². The molecule has 0 spiro atoms. The van der Waals surface area contributed by atoms with Gasteiger partial charge in [-0.05, 0) is 11.6 Å². The van der Waals surface area contributed by atoms with Gasteiger partial charge < -0.3 is 0 Å². The fourth-order valence-electron chi connectivity index (χ4n) is 2.03. The molecular formula is C14H10BrN. The Morgan fingerprint density at radius 3 is 2.69 bits per heavy atom. The Labute approximate surface area is 103 Å². The van der Waals surface area contributed by atoms with Crippen LogP contribution in [0.5, 0.6) is 0 Å². The number of hydrogen-bond donors (Lipinski definition) is 0. The monoisotopic (exact) mass is 271 g/mol. The van der Waals surface area contributed by atoms with Crippen LogP contribution in [0.4, 0.5) is 0 Å². The number of para-hydroxylation sites is 1. The Morgan fingerprint density at radius 1 is 0.938 bits per heavy atom. The molecule has 1 aliphatic carbocycles. The summed E-state index contributed by atoms with van der Waals surface area (Å²) < 4.78 is 0. The van der Waals surface area contributed by atoms with E-state index < -0.39 is 0 Å². The number of rotatable bonds is 1. The predicted octanol–water partition coefficient (Wildman–Crippen LogP) is 4.23. The van der Waals surface area contributed by atoms with Crippen LogP contribution in [-0.4, -0.2) is 4.98 Å². The molecule has 1 heterocycles. The topological polar surface area (TPSA) is 12.9 Å². The molecule has 0 saturated heterocycles. The Hall–Kier alpha value is -1.41. The summed E-state index contributed by atoms with van der Waals surface area (Å²) in [5.41, 5.74) is 4.65. The van der Waals surface area contributed by atoms with Crippen molar-refractivity contribution in [1.29, 1.82) is 0 Å². The second kappa shape index (κ2) is 3.87. The van der Waals surface area contributed by atoms with Gasteiger partial charge in [-0.25, -0.2) is 4.98 Å². The van der Waals surface area contributed by atoms with Gasteiger partial charge in [-0.3, -0.25) is 0 Å². The number of nitrogens with zero attached hydrogens (tertiary/aromatic N) is 1. The van der Waals surface area contributed by atoms with Crippen molar-refractivity contribution in [3.05, 3.63) is 54.1 Å². The third kappa shape index (κ3) is 1.41. The van der Waals surface area contributed by atoms with Gasteiger partial charge in [0.25, 0.3) is 0 Å². The van der Waals surface area contributed by atoms with Gasteiger partial charge in [-0.15, -0.1) is 0 Å². The molecule has 0 atom stereocenters. The smallest absolute Gasteiger partial charge is 0.0756 e. The molecule has 2 heteroatoms. The van der Waals surface area contributed by atoms with Crippen molar-refractivity contribution < 1.29 is 0 Å². The van der Waals surface area contributed by atoms with E-state index in [-0.39, 0.29) is 0 Å². The summed E-state index contributed by atoms with van der Waals surface area (Å²) >= 11 is 3.51. The molecule has 0 aromatic heterocycles. The zero-order chi connectivity index (χ0) is 11.0. The van der Waals surface area contributed by atoms with Crippen molar-refractivity contribution in [2.75, 3.05) is 0 Å². The van der Waals surface area contributed by atoms with Crippen molar-refractivity contribution in [3.8, 4) is 11.3 Å². The number of aromatic nitrogens is 1. The van der Waals surface area contributed by atoms with E-state index in [0.29, 0.717) is 0 Å². The zero-order valence-corrected chi connectivity index (χ0v) is 10.2. The molecule has 1 aromatic carbocycles. The number of fused-ring (bicyclic) bond motifs is 3. The third-order valence-corrected chi connectivity index (χ3v) is 3.41. The zero-order valence-electron chi connectivity index (χ0n) is 8.65. The molecule has 0 amide bonds. The van der Waals surface area contributed by atoms with E-state index in [1.54, 1.807) is 0 Å². The summed E-state index contributed by atoms with van der Waals surface area (Å²) in [7, 11) is 0. The molecule has 0 radical (unpaired) electrons. The van der Waals surface area contributed by atoms with Crippen LogP contribution < -0.4 is 0 Å². The van der Waals surface area contributed by atoms with E-state index in [9.17, 15) is 0 Å². The summed E-state index contributed by atoms with van der Waals surface area (Å²) in [6, 6.07) is 16.6. The largest absolute Gasteiger partial charge is 0.247 e. The highest BCUT2D eigenvalue weighted by Gasteiger charge is 2.11. The second-order valence-corrected chi connectivity index (χ2v) is 4.33. The lowest BCUT2D eigenvalue weighted by atomic mass is 10.1. The van der Waals surface area contributed by atoms with Crippen LogP contribution in [0.15, 0.2) is 48.5 Å². The quantitative estimate of drug-likeness (QED) is 0.604. The number of hydrogen-bond acceptors (Lipinski definition) is 1. The fourth-order valence-corrected chi connectivity index (χ4v) is 2.48. The molecule has 1 nitrogen and oxygen atoms in total. The van der Waals surface area contributed by atoms with E-state index in [1.165, 1.54) is 16.5 Å². The first-order valence-corrected chi connectivity index (χ1v) is 6.34. The summed E-state index contributed by atoms with van der Waals surface area (Å²) in [5.74, 6) is 0. The van der Waals surface area contributed by atoms with Gasteiger partial charge in [0.2, 0.25) is 0 Å². The van der Waals surface area contributed by atoms with Crippen molar-refractivity contribution in [1.82, 2.24) is 4.98 Å². The van der Waals surface area contributed by atoms with Crippen LogP contribution in [0.2, 0.25) is 0 Å². The van der Waals surface area contributed by atoms with Crippen LogP contribution in [0.25, 0.3) is 22.2 Å². The maximum atomic E-state index is 4.70. The fraction of sp³-hybridized carbons (Fsp3) is 0.0714. The van der Waals surface area contributed by atoms with Gasteiger partial charge in [0.15, 0.2) is 0 Å². The first-order valence-electron chi connectivity index (χ1n) is 5.22. The Bertz CT molecular complexity index is 618. The van der Waals surface area contributed by atoms with E-state index in [2.05, 4.69) is 52.3 Å². The standard InChI is InChI=1S/C14H10BrN/c15-9-10-5-4-7-12-11-6-2-1-3-8-13(11)16-14(10)12/h1-8H,9H2. The molecule has 1 aliphatic heterocycles. The van der Waals surface area contributed by atoms with Crippen molar-refractivity contribution in [2.24, 2.45) is 0 Å². The minimum atomic E-state index is 0.847. The van der Waals surface area contributed by atoms with Crippen molar-refractivity contribution in [3.63, 3.8) is 0 Å². The molecule has 0 N–H and O–H groups in total. The third-order valence-electron chi connectivity index (χ3n) is 2.80. The summed E-state index contributed by atoms with van der Waals surface area (Å²) in [4.78, 5) is 4.70. The van der Waals surface area contributed by atoms with Gasteiger partial charge in [0, 0.05) is 16.3 Å². The van der Waals surface area contributed by atoms with Gasteiger partial charge >= 0.3 is 0 Å². The molecule has 1 aromatic rings. The molecular weight excluding hydrogens is 262 g/mol. The van der Waals surface area contributed by atoms with E-state index in [1.807, 2.05) is 12.1 Å². The van der Waals surface area contributed by atoms with Crippen molar-refractivity contribution >= 4 is 26.8 Å². The minimum absolute atomic E-state index is 0.847. The number of halogens is 1. The summed E-state index contributed by atoms with van der Waals surface area (Å²) in [6.07, 6.45) is 0. The first kappa shape index (κ1) is 9.79. The van der Waals surface area contributed by atoms with Crippen molar-refractivity contribution in [2.45, 2.75) is 5.33 Å². The molecule has 0 unspecified atom stereocenters. The highest BCUT2D eigenvalue weighted by atomic mass is 79.9. The SMILES string of the molecule is BrCc1cccc2c3cccccc-3nc12.